The summed E-state index contributed by atoms with van der Waals surface area (Å²) in [5, 5.41) is 0. The van der Waals surface area contributed by atoms with E-state index in [0.29, 0.717) is 13.2 Å². The van der Waals surface area contributed by atoms with Gasteiger partial charge in [-0.2, -0.15) is 0 Å². The molecule has 0 heterocycles. The molecule has 0 unspecified atom stereocenters. The lowest BCUT2D eigenvalue weighted by molar-refractivity contribution is 0.301. The first kappa shape index (κ1) is 14.4. The van der Waals surface area contributed by atoms with Crippen molar-refractivity contribution in [1.29, 1.82) is 0 Å². The highest BCUT2D eigenvalue weighted by Crippen LogP contribution is 2.26. The third kappa shape index (κ3) is 3.31. The van der Waals surface area contributed by atoms with Gasteiger partial charge in [0.2, 0.25) is 0 Å². The Morgan fingerprint density at radius 3 is 2.05 bits per heavy atom. The first-order valence-corrected chi connectivity index (χ1v) is 6.70. The third-order valence-electron chi connectivity index (χ3n) is 3.30. The van der Waals surface area contributed by atoms with Gasteiger partial charge in [-0.25, -0.2) is 0 Å². The normalized spacial score (nSPS) is 10.4. The summed E-state index contributed by atoms with van der Waals surface area (Å²) in [5.41, 5.74) is 10.2. The Balaban J connectivity index is 2.10. The van der Waals surface area contributed by atoms with E-state index in [1.807, 2.05) is 24.3 Å². The van der Waals surface area contributed by atoms with Gasteiger partial charge in [0.05, 0.1) is 7.11 Å². The predicted molar refractivity (Wildman–Crippen MR) is 81.1 cm³/mol. The maximum Gasteiger partial charge on any atom is 0.125 e. The minimum Gasteiger partial charge on any atom is -0.497 e. The van der Waals surface area contributed by atoms with E-state index in [2.05, 4.69) is 26.0 Å². The van der Waals surface area contributed by atoms with Gasteiger partial charge >= 0.3 is 0 Å². The van der Waals surface area contributed by atoms with Crippen LogP contribution >= 0.6 is 0 Å². The number of methoxy groups -OCH3 is 1. The lowest BCUT2D eigenvalue weighted by atomic mass is 10.1. The Bertz CT molecular complexity index is 553. The number of benzene rings is 2. The summed E-state index contributed by atoms with van der Waals surface area (Å²) in [4.78, 5) is 0. The fourth-order valence-electron chi connectivity index (χ4n) is 2.26. The van der Waals surface area contributed by atoms with Crippen LogP contribution in [0, 0.1) is 13.8 Å². The van der Waals surface area contributed by atoms with Crippen molar-refractivity contribution in [2.45, 2.75) is 27.0 Å². The van der Waals surface area contributed by atoms with Crippen LogP contribution in [0.25, 0.3) is 0 Å². The van der Waals surface area contributed by atoms with E-state index in [9.17, 15) is 0 Å². The minimum absolute atomic E-state index is 0.549. The van der Waals surface area contributed by atoms with Gasteiger partial charge in [-0.15, -0.1) is 0 Å². The average Bonchev–Trinajstić information content (AvgIpc) is 2.46. The van der Waals surface area contributed by atoms with E-state index >= 15 is 0 Å². The van der Waals surface area contributed by atoms with Crippen molar-refractivity contribution in [2.24, 2.45) is 5.73 Å². The topological polar surface area (TPSA) is 44.5 Å². The molecule has 0 aliphatic rings. The monoisotopic (exact) mass is 271 g/mol. The van der Waals surface area contributed by atoms with E-state index in [1.54, 1.807) is 7.11 Å². The Kier molecular flexibility index (Phi) is 4.64. The zero-order valence-electron chi connectivity index (χ0n) is 12.3. The van der Waals surface area contributed by atoms with Crippen LogP contribution in [0.2, 0.25) is 0 Å². The van der Waals surface area contributed by atoms with Gasteiger partial charge in [-0.1, -0.05) is 24.3 Å². The molecule has 0 aliphatic carbocycles. The molecule has 3 nitrogen and oxygen atoms in total. The molecule has 0 radical (unpaired) electrons. The second kappa shape index (κ2) is 6.44. The molecule has 2 aromatic rings. The summed E-state index contributed by atoms with van der Waals surface area (Å²) in [6.45, 7) is 5.21. The number of rotatable bonds is 5. The number of nitrogens with two attached hydrogens (primary N) is 1. The molecular formula is C17H21NO2. The molecule has 0 spiro atoms. The van der Waals surface area contributed by atoms with Gasteiger partial charge in [0.1, 0.15) is 18.1 Å². The maximum atomic E-state index is 5.94. The summed E-state index contributed by atoms with van der Waals surface area (Å²) in [7, 11) is 1.66. The van der Waals surface area contributed by atoms with Crippen molar-refractivity contribution in [3.8, 4) is 11.5 Å². The van der Waals surface area contributed by atoms with Crippen LogP contribution in [-0.4, -0.2) is 7.11 Å². The van der Waals surface area contributed by atoms with Gasteiger partial charge in [0.15, 0.2) is 0 Å². The zero-order valence-corrected chi connectivity index (χ0v) is 12.3. The van der Waals surface area contributed by atoms with E-state index < -0.39 is 0 Å². The number of aryl methyl sites for hydroxylation is 2. The van der Waals surface area contributed by atoms with Crippen molar-refractivity contribution in [2.75, 3.05) is 7.11 Å². The highest BCUT2D eigenvalue weighted by Gasteiger charge is 2.06. The van der Waals surface area contributed by atoms with Crippen molar-refractivity contribution in [1.82, 2.24) is 0 Å². The molecule has 0 amide bonds. The summed E-state index contributed by atoms with van der Waals surface area (Å²) >= 11 is 0. The first-order chi connectivity index (χ1) is 9.63. The van der Waals surface area contributed by atoms with E-state index in [0.717, 1.165) is 33.8 Å². The average molecular weight is 271 g/mol. The van der Waals surface area contributed by atoms with Crippen LogP contribution in [-0.2, 0) is 13.2 Å². The quantitative estimate of drug-likeness (QED) is 0.907. The van der Waals surface area contributed by atoms with Crippen molar-refractivity contribution < 1.29 is 9.47 Å². The first-order valence-electron chi connectivity index (χ1n) is 6.70. The van der Waals surface area contributed by atoms with Crippen LogP contribution in [0.4, 0.5) is 0 Å². The van der Waals surface area contributed by atoms with Gasteiger partial charge < -0.3 is 15.2 Å². The molecule has 106 valence electrons. The SMILES string of the molecule is COc1ccc(COc2c(C)cc(CN)cc2C)cc1. The Morgan fingerprint density at radius 2 is 1.55 bits per heavy atom. The molecule has 2 rings (SSSR count). The van der Waals surface area contributed by atoms with Crippen molar-refractivity contribution >= 4 is 0 Å². The van der Waals surface area contributed by atoms with Crippen LogP contribution in [0.1, 0.15) is 22.3 Å². The van der Waals surface area contributed by atoms with Crippen molar-refractivity contribution in [3.05, 3.63) is 58.7 Å². The standard InChI is InChI=1S/C17H21NO2/c1-12-8-15(10-18)9-13(2)17(12)20-11-14-4-6-16(19-3)7-5-14/h4-9H,10-11,18H2,1-3H3. The molecule has 0 aromatic heterocycles. The fourth-order valence-corrected chi connectivity index (χ4v) is 2.26. The van der Waals surface area contributed by atoms with Crippen LogP contribution in [0.5, 0.6) is 11.5 Å². The second-order valence-corrected chi connectivity index (χ2v) is 4.90. The van der Waals surface area contributed by atoms with E-state index in [4.69, 9.17) is 15.2 Å². The maximum absolute atomic E-state index is 5.94. The van der Waals surface area contributed by atoms with Gasteiger partial charge in [-0.3, -0.25) is 0 Å². The van der Waals surface area contributed by atoms with E-state index in [-0.39, 0.29) is 0 Å². The molecule has 0 fully saturated rings. The minimum atomic E-state index is 0.549. The predicted octanol–water partition coefficient (Wildman–Crippen LogP) is 3.35. The lowest BCUT2D eigenvalue weighted by Crippen LogP contribution is -2.02. The molecule has 2 N–H and O–H groups in total. The summed E-state index contributed by atoms with van der Waals surface area (Å²) < 4.78 is 11.1. The summed E-state index contributed by atoms with van der Waals surface area (Å²) in [6, 6.07) is 12.1. The largest absolute Gasteiger partial charge is 0.497 e. The molecular weight excluding hydrogens is 250 g/mol. The Labute approximate surface area is 120 Å². The fraction of sp³-hybridized carbons (Fsp3) is 0.294. The van der Waals surface area contributed by atoms with Gasteiger partial charge in [-0.05, 0) is 48.2 Å². The highest BCUT2D eigenvalue weighted by atomic mass is 16.5. The molecule has 3 heteroatoms. The molecule has 0 bridgehead atoms. The van der Waals surface area contributed by atoms with Crippen molar-refractivity contribution in [3.63, 3.8) is 0 Å². The molecule has 0 saturated carbocycles. The smallest absolute Gasteiger partial charge is 0.125 e. The number of hydrogen-bond donors (Lipinski definition) is 1. The molecule has 0 aliphatic heterocycles. The molecule has 0 saturated heterocycles. The van der Waals surface area contributed by atoms with Gasteiger partial charge in [0, 0.05) is 6.54 Å². The number of hydrogen-bond acceptors (Lipinski definition) is 3. The van der Waals surface area contributed by atoms with Crippen LogP contribution in [0.3, 0.4) is 0 Å². The van der Waals surface area contributed by atoms with Gasteiger partial charge in [0.25, 0.3) is 0 Å². The van der Waals surface area contributed by atoms with Crippen LogP contribution < -0.4 is 15.2 Å². The second-order valence-electron chi connectivity index (χ2n) is 4.90. The van der Waals surface area contributed by atoms with E-state index in [1.165, 1.54) is 0 Å². The molecule has 0 atom stereocenters. The third-order valence-corrected chi connectivity index (χ3v) is 3.30. The Hall–Kier alpha value is -2.00. The van der Waals surface area contributed by atoms with Crippen LogP contribution in [0.15, 0.2) is 36.4 Å². The highest BCUT2D eigenvalue weighted by molar-refractivity contribution is 5.43. The zero-order chi connectivity index (χ0) is 14.5. The summed E-state index contributed by atoms with van der Waals surface area (Å²) in [5.74, 6) is 1.80. The Morgan fingerprint density at radius 1 is 0.950 bits per heavy atom. The molecule has 20 heavy (non-hydrogen) atoms. The number of ether oxygens (including phenoxy) is 2. The summed E-state index contributed by atoms with van der Waals surface area (Å²) in [6.07, 6.45) is 0. The lowest BCUT2D eigenvalue weighted by Gasteiger charge is -2.14. The molecule has 2 aromatic carbocycles.